The fourth-order valence-electron chi connectivity index (χ4n) is 4.09. The molecule has 0 aliphatic heterocycles. The lowest BCUT2D eigenvalue weighted by Gasteiger charge is -2.45. The smallest absolute Gasteiger partial charge is 0.142 e. The molecule has 1 aromatic carbocycles. The van der Waals surface area contributed by atoms with Crippen molar-refractivity contribution in [3.63, 3.8) is 0 Å². The van der Waals surface area contributed by atoms with E-state index in [2.05, 4.69) is 58.1 Å². The molecule has 1 aliphatic rings. The van der Waals surface area contributed by atoms with Gasteiger partial charge >= 0.3 is 0 Å². The third-order valence-corrected chi connectivity index (χ3v) is 4.26. The highest BCUT2D eigenvalue weighted by Crippen LogP contribution is 2.46. The van der Waals surface area contributed by atoms with Crippen molar-refractivity contribution in [3.05, 3.63) is 24.3 Å². The largest absolute Gasteiger partial charge is 0.491 e. The fourth-order valence-corrected chi connectivity index (χ4v) is 4.09. The van der Waals surface area contributed by atoms with E-state index < -0.39 is 0 Å². The predicted molar refractivity (Wildman–Crippen MR) is 91.1 cm³/mol. The summed E-state index contributed by atoms with van der Waals surface area (Å²) in [6.07, 6.45) is 4.78. The summed E-state index contributed by atoms with van der Waals surface area (Å²) < 4.78 is 5.87. The molecule has 21 heavy (non-hydrogen) atoms. The van der Waals surface area contributed by atoms with E-state index in [1.54, 1.807) is 0 Å². The van der Waals surface area contributed by atoms with Crippen molar-refractivity contribution in [1.29, 1.82) is 0 Å². The van der Waals surface area contributed by atoms with E-state index in [1.807, 2.05) is 6.07 Å². The molecule has 0 atom stereocenters. The molecule has 118 valence electrons. The molecular weight excluding hydrogens is 258 g/mol. The molecule has 0 aromatic heterocycles. The van der Waals surface area contributed by atoms with Crippen LogP contribution in [-0.4, -0.2) is 12.6 Å². The van der Waals surface area contributed by atoms with Gasteiger partial charge in [-0.3, -0.25) is 0 Å². The van der Waals surface area contributed by atoms with E-state index in [-0.39, 0.29) is 0 Å². The van der Waals surface area contributed by atoms with Crippen molar-refractivity contribution in [1.82, 2.24) is 0 Å². The summed E-state index contributed by atoms with van der Waals surface area (Å²) in [4.78, 5) is 0. The maximum atomic E-state index is 5.87. The molecule has 0 heterocycles. The van der Waals surface area contributed by atoms with E-state index in [1.165, 1.54) is 19.3 Å². The van der Waals surface area contributed by atoms with Crippen molar-refractivity contribution < 1.29 is 4.74 Å². The zero-order valence-electron chi connectivity index (χ0n) is 14.3. The van der Waals surface area contributed by atoms with Crippen LogP contribution in [0.2, 0.25) is 0 Å². The maximum absolute atomic E-state index is 5.87. The van der Waals surface area contributed by atoms with Gasteiger partial charge in [0.1, 0.15) is 5.75 Å². The standard InChI is InChI=1S/C19H31NO/c1-6-11-21-17-10-8-7-9-16(17)20-15-12-18(2,3)14-19(4,5)13-15/h7-10,15,20H,6,11-14H2,1-5H3. The van der Waals surface area contributed by atoms with Crippen LogP contribution < -0.4 is 10.1 Å². The summed E-state index contributed by atoms with van der Waals surface area (Å²) in [5.74, 6) is 0.987. The molecule has 2 heteroatoms. The number of benzene rings is 1. The first-order valence-electron chi connectivity index (χ1n) is 8.30. The monoisotopic (exact) mass is 289 g/mol. The van der Waals surface area contributed by atoms with Gasteiger partial charge in [0.05, 0.1) is 12.3 Å². The quantitative estimate of drug-likeness (QED) is 0.773. The first-order chi connectivity index (χ1) is 9.81. The zero-order chi connectivity index (χ0) is 15.5. The average molecular weight is 289 g/mol. The van der Waals surface area contributed by atoms with Crippen LogP contribution in [0.4, 0.5) is 5.69 Å². The third kappa shape index (κ3) is 4.66. The summed E-state index contributed by atoms with van der Waals surface area (Å²) in [5.41, 5.74) is 1.95. The Morgan fingerprint density at radius 1 is 1.10 bits per heavy atom. The maximum Gasteiger partial charge on any atom is 0.142 e. The van der Waals surface area contributed by atoms with Gasteiger partial charge in [0.15, 0.2) is 0 Å². The van der Waals surface area contributed by atoms with E-state index >= 15 is 0 Å². The Kier molecular flexibility index (Phi) is 4.85. The lowest BCUT2D eigenvalue weighted by molar-refractivity contribution is 0.105. The predicted octanol–water partition coefficient (Wildman–Crippen LogP) is 5.49. The van der Waals surface area contributed by atoms with Gasteiger partial charge in [-0.15, -0.1) is 0 Å². The van der Waals surface area contributed by atoms with Crippen LogP contribution in [0.3, 0.4) is 0 Å². The van der Waals surface area contributed by atoms with Crippen LogP contribution in [0, 0.1) is 10.8 Å². The zero-order valence-corrected chi connectivity index (χ0v) is 14.3. The highest BCUT2D eigenvalue weighted by atomic mass is 16.5. The Morgan fingerprint density at radius 2 is 1.71 bits per heavy atom. The first kappa shape index (κ1) is 16.2. The Hall–Kier alpha value is -1.18. The molecule has 1 fully saturated rings. The second-order valence-corrected chi connectivity index (χ2v) is 8.10. The van der Waals surface area contributed by atoms with Gasteiger partial charge in [0.25, 0.3) is 0 Å². The Labute approximate surface area is 130 Å². The van der Waals surface area contributed by atoms with E-state index in [0.717, 1.165) is 24.5 Å². The molecule has 1 aliphatic carbocycles. The molecule has 0 amide bonds. The van der Waals surface area contributed by atoms with Crippen molar-refractivity contribution in [2.45, 2.75) is 66.3 Å². The van der Waals surface area contributed by atoms with E-state index in [4.69, 9.17) is 4.74 Å². The van der Waals surface area contributed by atoms with Gasteiger partial charge in [-0.05, 0) is 48.6 Å². The number of para-hydroxylation sites is 2. The summed E-state index contributed by atoms with van der Waals surface area (Å²) in [6, 6.07) is 8.86. The Balaban J connectivity index is 2.10. The summed E-state index contributed by atoms with van der Waals surface area (Å²) in [5, 5.41) is 3.74. The van der Waals surface area contributed by atoms with Crippen LogP contribution in [0.15, 0.2) is 24.3 Å². The topological polar surface area (TPSA) is 21.3 Å². The molecule has 1 N–H and O–H groups in total. The van der Waals surface area contributed by atoms with Crippen molar-refractivity contribution >= 4 is 5.69 Å². The van der Waals surface area contributed by atoms with Gasteiger partial charge in [0.2, 0.25) is 0 Å². The molecule has 2 rings (SSSR count). The molecular formula is C19H31NO. The summed E-state index contributed by atoms with van der Waals surface area (Å²) in [6.45, 7) is 12.5. The first-order valence-corrected chi connectivity index (χ1v) is 8.30. The van der Waals surface area contributed by atoms with Crippen molar-refractivity contribution in [3.8, 4) is 5.75 Å². The average Bonchev–Trinajstić information content (AvgIpc) is 2.34. The van der Waals surface area contributed by atoms with Crippen LogP contribution in [-0.2, 0) is 0 Å². The number of hydrogen-bond acceptors (Lipinski definition) is 2. The molecule has 0 bridgehead atoms. The minimum absolute atomic E-state index is 0.401. The highest BCUT2D eigenvalue weighted by Gasteiger charge is 2.38. The van der Waals surface area contributed by atoms with Gasteiger partial charge < -0.3 is 10.1 Å². The van der Waals surface area contributed by atoms with Crippen LogP contribution in [0.5, 0.6) is 5.75 Å². The number of rotatable bonds is 5. The third-order valence-electron chi connectivity index (χ3n) is 4.26. The van der Waals surface area contributed by atoms with Gasteiger partial charge in [0, 0.05) is 6.04 Å². The van der Waals surface area contributed by atoms with E-state index in [9.17, 15) is 0 Å². The lowest BCUT2D eigenvalue weighted by Crippen LogP contribution is -2.40. The molecule has 0 saturated heterocycles. The molecule has 0 unspecified atom stereocenters. The lowest BCUT2D eigenvalue weighted by atomic mass is 9.63. The number of nitrogens with one attached hydrogen (secondary N) is 1. The van der Waals surface area contributed by atoms with Crippen LogP contribution >= 0.6 is 0 Å². The Morgan fingerprint density at radius 3 is 2.33 bits per heavy atom. The molecule has 0 radical (unpaired) electrons. The van der Waals surface area contributed by atoms with Crippen molar-refractivity contribution in [2.75, 3.05) is 11.9 Å². The minimum Gasteiger partial charge on any atom is -0.491 e. The second kappa shape index (κ2) is 6.29. The number of hydrogen-bond donors (Lipinski definition) is 1. The molecule has 0 spiro atoms. The summed E-state index contributed by atoms with van der Waals surface area (Å²) >= 11 is 0. The van der Waals surface area contributed by atoms with E-state index in [0.29, 0.717) is 16.9 Å². The fraction of sp³-hybridized carbons (Fsp3) is 0.684. The highest BCUT2D eigenvalue weighted by molar-refractivity contribution is 5.56. The summed E-state index contributed by atoms with van der Waals surface area (Å²) in [7, 11) is 0. The normalized spacial score (nSPS) is 21.0. The Bertz CT molecular complexity index is 448. The second-order valence-electron chi connectivity index (χ2n) is 8.10. The number of anilines is 1. The number of ether oxygens (including phenoxy) is 1. The van der Waals surface area contributed by atoms with Gasteiger partial charge in [-0.2, -0.15) is 0 Å². The molecule has 1 aromatic rings. The minimum atomic E-state index is 0.401. The van der Waals surface area contributed by atoms with Gasteiger partial charge in [-0.1, -0.05) is 46.8 Å². The van der Waals surface area contributed by atoms with Gasteiger partial charge in [-0.25, -0.2) is 0 Å². The van der Waals surface area contributed by atoms with Crippen LogP contribution in [0.25, 0.3) is 0 Å². The molecule has 1 saturated carbocycles. The SMILES string of the molecule is CCCOc1ccccc1NC1CC(C)(C)CC(C)(C)C1. The molecule has 2 nitrogen and oxygen atoms in total. The van der Waals surface area contributed by atoms with Crippen molar-refractivity contribution in [2.24, 2.45) is 10.8 Å². The van der Waals surface area contributed by atoms with Crippen LogP contribution in [0.1, 0.15) is 60.3 Å².